The number of hydrogen-bond donors (Lipinski definition) is 5. The maximum absolute atomic E-state index is 12.6. The fourth-order valence-corrected chi connectivity index (χ4v) is 5.60. The molecule has 5 N–H and O–H groups in total. The molecule has 4 aliphatic carbocycles. The number of carbonyl (C=O) groups is 5. The Morgan fingerprint density at radius 2 is 1.13 bits per heavy atom. The predicted octanol–water partition coefficient (Wildman–Crippen LogP) is 3.21. The van der Waals surface area contributed by atoms with E-state index in [0.717, 1.165) is 38.5 Å². The Labute approximate surface area is 266 Å². The van der Waals surface area contributed by atoms with Gasteiger partial charge >= 0.3 is 18.2 Å². The van der Waals surface area contributed by atoms with Gasteiger partial charge in [0.1, 0.15) is 11.2 Å². The second-order valence-corrected chi connectivity index (χ2v) is 14.9. The van der Waals surface area contributed by atoms with Gasteiger partial charge in [0.05, 0.1) is 11.1 Å². The summed E-state index contributed by atoms with van der Waals surface area (Å²) < 4.78 is 15.9. The third-order valence-corrected chi connectivity index (χ3v) is 8.33. The lowest BCUT2D eigenvalue weighted by Gasteiger charge is -2.29. The molecule has 0 radical (unpaired) electrons. The van der Waals surface area contributed by atoms with Crippen molar-refractivity contribution in [2.75, 3.05) is 0 Å². The highest BCUT2D eigenvalue weighted by Gasteiger charge is 2.64. The Bertz CT molecular complexity index is 1120. The Morgan fingerprint density at radius 1 is 0.733 bits per heavy atom. The van der Waals surface area contributed by atoms with Crippen molar-refractivity contribution in [1.82, 2.24) is 21.3 Å². The van der Waals surface area contributed by atoms with E-state index in [4.69, 9.17) is 14.2 Å². The van der Waals surface area contributed by atoms with Gasteiger partial charge in [-0.3, -0.25) is 14.4 Å². The number of rotatable bonds is 11. The van der Waals surface area contributed by atoms with Crippen LogP contribution in [-0.4, -0.2) is 81.6 Å². The molecular formula is C32H54N4O9. The van der Waals surface area contributed by atoms with Gasteiger partial charge in [-0.1, -0.05) is 26.7 Å². The predicted molar refractivity (Wildman–Crippen MR) is 165 cm³/mol. The Balaban J connectivity index is 0.000000248. The summed E-state index contributed by atoms with van der Waals surface area (Å²) in [7, 11) is 0. The quantitative estimate of drug-likeness (QED) is 0.168. The minimum Gasteiger partial charge on any atom is -0.450 e. The van der Waals surface area contributed by atoms with Gasteiger partial charge in [-0.05, 0) is 91.9 Å². The number of aliphatic hydroxyl groups excluding tert-OH is 1. The first kappa shape index (κ1) is 36.4. The van der Waals surface area contributed by atoms with Crippen LogP contribution in [0, 0.1) is 11.8 Å². The molecule has 0 aromatic carbocycles. The molecule has 6 atom stereocenters. The summed E-state index contributed by atoms with van der Waals surface area (Å²) in [4.78, 5) is 60.3. The van der Waals surface area contributed by atoms with Crippen LogP contribution in [0.1, 0.15) is 114 Å². The molecule has 2 unspecified atom stereocenters. The van der Waals surface area contributed by atoms with Crippen LogP contribution in [-0.2, 0) is 28.6 Å². The molecule has 4 amide bonds. The molecule has 45 heavy (non-hydrogen) atoms. The van der Waals surface area contributed by atoms with Gasteiger partial charge in [0.25, 0.3) is 11.8 Å². The normalized spacial score (nSPS) is 28.1. The first-order valence-electron chi connectivity index (χ1n) is 16.2. The van der Waals surface area contributed by atoms with Crippen molar-refractivity contribution in [3.8, 4) is 0 Å². The molecule has 0 saturated heterocycles. The topological polar surface area (TPSA) is 181 Å². The van der Waals surface area contributed by atoms with Crippen LogP contribution in [0.2, 0.25) is 0 Å². The second kappa shape index (κ2) is 13.7. The molecule has 4 saturated carbocycles. The smallest absolute Gasteiger partial charge is 0.408 e. The SMILES string of the molecule is CC[C@@H]1C[C@@]1(NC(=O)OC(C)(C)C)C(O)C(=O)NC1CC1.CC[C@@H]1C[C@@]1(NC(=O)OC(C)(C)C)C(OC(C)=O)C(=O)NC1CC1. The number of hydrogen-bond acceptors (Lipinski definition) is 9. The first-order chi connectivity index (χ1) is 20.7. The maximum Gasteiger partial charge on any atom is 0.408 e. The van der Waals surface area contributed by atoms with Crippen LogP contribution >= 0.6 is 0 Å². The third kappa shape index (κ3) is 10.5. The van der Waals surface area contributed by atoms with Crippen molar-refractivity contribution in [2.24, 2.45) is 11.8 Å². The second-order valence-electron chi connectivity index (χ2n) is 14.9. The summed E-state index contributed by atoms with van der Waals surface area (Å²) in [6, 6.07) is 0.331. The molecule has 0 aliphatic heterocycles. The standard InChI is InChI=1S/C17H28N2O5.C15H26N2O4/c1-6-11-9-17(11,19-15(22)24-16(3,4)5)13(23-10(2)20)14(21)18-12-7-8-12;1-5-9-8-15(9,17-13(20)21-14(2,3)4)11(18)12(19)16-10-6-7-10/h11-13H,6-9H2,1-5H3,(H,18,21)(H,19,22);9-11,18H,5-8H2,1-4H3,(H,16,19)(H,17,20)/t11-,13?,17+;9-,11?,15+/m11/s1. The summed E-state index contributed by atoms with van der Waals surface area (Å²) in [5, 5.41) is 21.5. The molecule has 13 heteroatoms. The summed E-state index contributed by atoms with van der Waals surface area (Å²) in [6.45, 7) is 15.9. The molecule has 4 aliphatic rings. The molecular weight excluding hydrogens is 584 g/mol. The molecule has 13 nitrogen and oxygen atoms in total. The molecule has 0 aromatic rings. The summed E-state index contributed by atoms with van der Waals surface area (Å²) in [6.07, 6.45) is 3.08. The summed E-state index contributed by atoms with van der Waals surface area (Å²) in [5.41, 5.74) is -3.02. The van der Waals surface area contributed by atoms with Gasteiger partial charge in [-0.2, -0.15) is 0 Å². The van der Waals surface area contributed by atoms with E-state index >= 15 is 0 Å². The van der Waals surface area contributed by atoms with Crippen molar-refractivity contribution in [1.29, 1.82) is 0 Å². The van der Waals surface area contributed by atoms with E-state index in [1.165, 1.54) is 6.92 Å². The highest BCUT2D eigenvalue weighted by Crippen LogP contribution is 2.50. The lowest BCUT2D eigenvalue weighted by Crippen LogP contribution is -2.56. The van der Waals surface area contributed by atoms with Crippen molar-refractivity contribution in [3.05, 3.63) is 0 Å². The molecule has 0 aromatic heterocycles. The number of aliphatic hydroxyl groups is 1. The number of ether oxygens (including phenoxy) is 3. The molecule has 4 fully saturated rings. The fraction of sp³-hybridized carbons (Fsp3) is 0.844. The summed E-state index contributed by atoms with van der Waals surface area (Å²) >= 11 is 0. The number of amides is 4. The molecule has 0 spiro atoms. The van der Waals surface area contributed by atoms with Crippen LogP contribution in [0.5, 0.6) is 0 Å². The summed E-state index contributed by atoms with van der Waals surface area (Å²) in [5.74, 6) is -1.12. The maximum atomic E-state index is 12.6. The minimum absolute atomic E-state index is 0.0688. The Kier molecular flexibility index (Phi) is 11.1. The number of esters is 1. The van der Waals surface area contributed by atoms with Crippen LogP contribution in [0.4, 0.5) is 9.59 Å². The monoisotopic (exact) mass is 638 g/mol. The van der Waals surface area contributed by atoms with Gasteiger partial charge in [0.2, 0.25) is 6.10 Å². The van der Waals surface area contributed by atoms with Gasteiger partial charge in [-0.15, -0.1) is 0 Å². The van der Waals surface area contributed by atoms with E-state index in [9.17, 15) is 29.1 Å². The average Bonchev–Trinajstić information content (AvgIpc) is 3.70. The Morgan fingerprint density at radius 3 is 1.49 bits per heavy atom. The number of nitrogens with one attached hydrogen (secondary N) is 4. The van der Waals surface area contributed by atoms with Crippen molar-refractivity contribution >= 4 is 30.0 Å². The third-order valence-electron chi connectivity index (χ3n) is 8.33. The Hall–Kier alpha value is -3.09. The van der Waals surface area contributed by atoms with E-state index in [-0.39, 0.29) is 29.8 Å². The van der Waals surface area contributed by atoms with Crippen LogP contribution in [0.15, 0.2) is 0 Å². The van der Waals surface area contributed by atoms with E-state index in [2.05, 4.69) is 21.3 Å². The fourth-order valence-electron chi connectivity index (χ4n) is 5.60. The van der Waals surface area contributed by atoms with Crippen molar-refractivity contribution in [3.63, 3.8) is 0 Å². The minimum atomic E-state index is -1.23. The molecule has 0 bridgehead atoms. The van der Waals surface area contributed by atoms with Gasteiger partial charge in [-0.25, -0.2) is 9.59 Å². The number of alkyl carbamates (subject to hydrolysis) is 2. The van der Waals surface area contributed by atoms with Gasteiger partial charge in [0, 0.05) is 19.0 Å². The lowest BCUT2D eigenvalue weighted by atomic mass is 10.0. The van der Waals surface area contributed by atoms with Crippen molar-refractivity contribution < 1.29 is 43.3 Å². The van der Waals surface area contributed by atoms with E-state index < -0.39 is 58.6 Å². The number of carbonyl (C=O) groups excluding carboxylic acids is 5. The lowest BCUT2D eigenvalue weighted by molar-refractivity contribution is -0.157. The molecule has 0 heterocycles. The largest absolute Gasteiger partial charge is 0.450 e. The van der Waals surface area contributed by atoms with Crippen LogP contribution in [0.25, 0.3) is 0 Å². The van der Waals surface area contributed by atoms with E-state index in [1.54, 1.807) is 41.5 Å². The van der Waals surface area contributed by atoms with Crippen LogP contribution in [0.3, 0.4) is 0 Å². The molecule has 256 valence electrons. The first-order valence-corrected chi connectivity index (χ1v) is 16.2. The molecule has 4 rings (SSSR count). The van der Waals surface area contributed by atoms with Crippen LogP contribution < -0.4 is 21.3 Å². The van der Waals surface area contributed by atoms with Gasteiger partial charge in [0.15, 0.2) is 6.10 Å². The van der Waals surface area contributed by atoms with E-state index in [0.29, 0.717) is 12.8 Å². The van der Waals surface area contributed by atoms with E-state index in [1.807, 2.05) is 13.8 Å². The average molecular weight is 639 g/mol. The zero-order valence-corrected chi connectivity index (χ0v) is 28.3. The highest BCUT2D eigenvalue weighted by atomic mass is 16.6. The zero-order chi connectivity index (χ0) is 34.0. The zero-order valence-electron chi connectivity index (χ0n) is 28.3. The van der Waals surface area contributed by atoms with Crippen molar-refractivity contribution in [2.45, 2.75) is 160 Å². The van der Waals surface area contributed by atoms with Gasteiger partial charge < -0.3 is 40.6 Å². The highest BCUT2D eigenvalue weighted by molar-refractivity contribution is 5.87.